The lowest BCUT2D eigenvalue weighted by atomic mass is 10.3. The first-order valence-electron chi connectivity index (χ1n) is 9.68. The first kappa shape index (κ1) is 23.4. The van der Waals surface area contributed by atoms with Gasteiger partial charge in [0.25, 0.3) is 5.91 Å². The molecular weight excluding hydrogens is 431 g/mol. The molecule has 2 aromatic rings. The number of carbonyl (C=O) groups excluding carboxylic acids is 2. The van der Waals surface area contributed by atoms with Crippen LogP contribution in [0.4, 0.5) is 10.5 Å². The van der Waals surface area contributed by atoms with Gasteiger partial charge >= 0.3 is 6.03 Å². The van der Waals surface area contributed by atoms with E-state index < -0.39 is 0 Å². The number of aromatic nitrogens is 1. The summed E-state index contributed by atoms with van der Waals surface area (Å²) in [4.78, 5) is 31.0. The maximum atomic E-state index is 12.8. The van der Waals surface area contributed by atoms with Crippen molar-refractivity contribution < 1.29 is 9.59 Å². The van der Waals surface area contributed by atoms with Crippen molar-refractivity contribution in [2.24, 2.45) is 0 Å². The van der Waals surface area contributed by atoms with Crippen LogP contribution in [0.3, 0.4) is 0 Å². The summed E-state index contributed by atoms with van der Waals surface area (Å²) in [6.45, 7) is 5.67. The van der Waals surface area contributed by atoms with E-state index in [-0.39, 0.29) is 11.9 Å². The van der Waals surface area contributed by atoms with Gasteiger partial charge in [-0.05, 0) is 31.0 Å². The molecular formula is C20H26Cl2N4O2S. The number of carbonyl (C=O) groups is 2. The predicted molar refractivity (Wildman–Crippen MR) is 120 cm³/mol. The maximum Gasteiger partial charge on any atom is 0.322 e. The Balaban J connectivity index is 2.04. The fourth-order valence-electron chi connectivity index (χ4n) is 2.51. The fraction of sp³-hybridized carbons (Fsp3) is 0.450. The van der Waals surface area contributed by atoms with Crippen LogP contribution in [0.15, 0.2) is 23.6 Å². The monoisotopic (exact) mass is 456 g/mol. The van der Waals surface area contributed by atoms with E-state index in [1.807, 2.05) is 0 Å². The Hall–Kier alpha value is -1.83. The van der Waals surface area contributed by atoms with Gasteiger partial charge in [-0.2, -0.15) is 0 Å². The number of nitrogens with zero attached hydrogens (tertiary/aromatic N) is 2. The zero-order chi connectivity index (χ0) is 21.2. The molecule has 3 amide bonds. The molecule has 0 radical (unpaired) electrons. The zero-order valence-electron chi connectivity index (χ0n) is 16.6. The zero-order valence-corrected chi connectivity index (χ0v) is 19.0. The number of benzene rings is 1. The lowest BCUT2D eigenvalue weighted by Gasteiger charge is -2.22. The summed E-state index contributed by atoms with van der Waals surface area (Å²) in [6, 6.07) is 4.65. The van der Waals surface area contributed by atoms with Crippen LogP contribution in [0.25, 0.3) is 0 Å². The number of halogens is 2. The SMILES string of the molecule is CCCCNC(=O)c1csc(CN(CCCC)C(=O)Nc2ccc(Cl)cc2Cl)n1. The highest BCUT2D eigenvalue weighted by atomic mass is 35.5. The third-order valence-electron chi connectivity index (χ3n) is 4.17. The average Bonchev–Trinajstić information content (AvgIpc) is 3.16. The maximum absolute atomic E-state index is 12.8. The van der Waals surface area contributed by atoms with Crippen LogP contribution in [0.1, 0.15) is 55.0 Å². The highest BCUT2D eigenvalue weighted by molar-refractivity contribution is 7.09. The van der Waals surface area contributed by atoms with Crippen LogP contribution in [0, 0.1) is 0 Å². The standard InChI is InChI=1S/C20H26Cl2N4O2S/c1-3-5-9-23-19(27)17-13-29-18(24-17)12-26(10-6-4-2)20(28)25-16-8-7-14(21)11-15(16)22/h7-8,11,13H,3-6,9-10,12H2,1-2H3,(H,23,27)(H,25,28). The molecule has 0 saturated carbocycles. The van der Waals surface area contributed by atoms with E-state index in [1.165, 1.54) is 11.3 Å². The van der Waals surface area contributed by atoms with Crippen molar-refractivity contribution in [3.63, 3.8) is 0 Å². The van der Waals surface area contributed by atoms with E-state index in [9.17, 15) is 9.59 Å². The van der Waals surface area contributed by atoms with Crippen molar-refractivity contribution in [1.82, 2.24) is 15.2 Å². The summed E-state index contributed by atoms with van der Waals surface area (Å²) >= 11 is 13.4. The smallest absolute Gasteiger partial charge is 0.322 e. The van der Waals surface area contributed by atoms with Crippen molar-refractivity contribution in [3.05, 3.63) is 44.3 Å². The minimum absolute atomic E-state index is 0.182. The largest absolute Gasteiger partial charge is 0.351 e. The van der Waals surface area contributed by atoms with Gasteiger partial charge in [-0.15, -0.1) is 11.3 Å². The number of rotatable bonds is 10. The van der Waals surface area contributed by atoms with E-state index in [1.54, 1.807) is 28.5 Å². The van der Waals surface area contributed by atoms with Gasteiger partial charge in [-0.1, -0.05) is 49.9 Å². The number of unbranched alkanes of at least 4 members (excludes halogenated alkanes) is 2. The van der Waals surface area contributed by atoms with E-state index in [4.69, 9.17) is 23.2 Å². The summed E-state index contributed by atoms with van der Waals surface area (Å²) in [5.41, 5.74) is 0.885. The number of hydrogen-bond donors (Lipinski definition) is 2. The van der Waals surface area contributed by atoms with Crippen LogP contribution in [0.2, 0.25) is 10.0 Å². The molecule has 6 nitrogen and oxygen atoms in total. The Morgan fingerprint density at radius 2 is 1.93 bits per heavy atom. The molecule has 0 aliphatic carbocycles. The van der Waals surface area contributed by atoms with E-state index >= 15 is 0 Å². The molecule has 1 aromatic heterocycles. The second kappa shape index (κ2) is 12.0. The Kier molecular flexibility index (Phi) is 9.70. The van der Waals surface area contributed by atoms with Gasteiger partial charge in [0, 0.05) is 23.5 Å². The van der Waals surface area contributed by atoms with Crippen LogP contribution in [-0.2, 0) is 6.54 Å². The Morgan fingerprint density at radius 3 is 2.62 bits per heavy atom. The highest BCUT2D eigenvalue weighted by Gasteiger charge is 2.18. The van der Waals surface area contributed by atoms with Gasteiger partial charge in [0.2, 0.25) is 0 Å². The van der Waals surface area contributed by atoms with Crippen molar-refractivity contribution >= 4 is 52.2 Å². The lowest BCUT2D eigenvalue weighted by Crippen LogP contribution is -2.35. The molecule has 2 N–H and O–H groups in total. The number of thiazole rings is 1. The second-order valence-electron chi connectivity index (χ2n) is 6.57. The van der Waals surface area contributed by atoms with Crippen molar-refractivity contribution in [1.29, 1.82) is 0 Å². The quantitative estimate of drug-likeness (QED) is 0.442. The van der Waals surface area contributed by atoms with Gasteiger partial charge in [0.05, 0.1) is 17.3 Å². The molecule has 0 aliphatic heterocycles. The number of anilines is 1. The summed E-state index contributed by atoms with van der Waals surface area (Å²) in [6.07, 6.45) is 3.76. The van der Waals surface area contributed by atoms with Gasteiger partial charge in [0.15, 0.2) is 0 Å². The Labute approximate surface area is 185 Å². The fourth-order valence-corrected chi connectivity index (χ4v) is 3.75. The molecule has 0 fully saturated rings. The molecule has 2 rings (SSSR count). The first-order chi connectivity index (χ1) is 13.9. The van der Waals surface area contributed by atoms with Gasteiger partial charge in [-0.3, -0.25) is 4.79 Å². The lowest BCUT2D eigenvalue weighted by molar-refractivity contribution is 0.0948. The van der Waals surface area contributed by atoms with Gasteiger partial charge in [-0.25, -0.2) is 9.78 Å². The van der Waals surface area contributed by atoms with Crippen LogP contribution >= 0.6 is 34.5 Å². The number of nitrogens with one attached hydrogen (secondary N) is 2. The minimum atomic E-state index is -0.271. The van der Waals surface area contributed by atoms with Crippen molar-refractivity contribution in [2.45, 2.75) is 46.1 Å². The number of urea groups is 1. The van der Waals surface area contributed by atoms with Crippen LogP contribution in [0.5, 0.6) is 0 Å². The third kappa shape index (κ3) is 7.49. The summed E-state index contributed by atoms with van der Waals surface area (Å²) in [5, 5.41) is 8.99. The number of amides is 3. The first-order valence-corrected chi connectivity index (χ1v) is 11.3. The Morgan fingerprint density at radius 1 is 1.17 bits per heavy atom. The summed E-state index contributed by atoms with van der Waals surface area (Å²) < 4.78 is 0. The van der Waals surface area contributed by atoms with Gasteiger partial charge < -0.3 is 15.5 Å². The summed E-state index contributed by atoms with van der Waals surface area (Å²) in [5.74, 6) is -0.182. The molecule has 29 heavy (non-hydrogen) atoms. The normalized spacial score (nSPS) is 10.6. The molecule has 0 saturated heterocycles. The predicted octanol–water partition coefficient (Wildman–Crippen LogP) is 5.81. The molecule has 9 heteroatoms. The molecule has 0 unspecified atom stereocenters. The van der Waals surface area contributed by atoms with Crippen LogP contribution < -0.4 is 10.6 Å². The highest BCUT2D eigenvalue weighted by Crippen LogP contribution is 2.26. The Bertz CT molecular complexity index is 829. The van der Waals surface area contributed by atoms with Crippen molar-refractivity contribution in [2.75, 3.05) is 18.4 Å². The third-order valence-corrected chi connectivity index (χ3v) is 5.55. The van der Waals surface area contributed by atoms with Gasteiger partial charge in [0.1, 0.15) is 10.7 Å². The van der Waals surface area contributed by atoms with E-state index in [2.05, 4.69) is 29.5 Å². The molecule has 0 bridgehead atoms. The average molecular weight is 457 g/mol. The van der Waals surface area contributed by atoms with E-state index in [0.29, 0.717) is 46.1 Å². The second-order valence-corrected chi connectivity index (χ2v) is 8.35. The summed E-state index contributed by atoms with van der Waals surface area (Å²) in [7, 11) is 0. The number of hydrogen-bond acceptors (Lipinski definition) is 4. The minimum Gasteiger partial charge on any atom is -0.351 e. The van der Waals surface area contributed by atoms with Crippen molar-refractivity contribution in [3.8, 4) is 0 Å². The molecule has 1 aromatic carbocycles. The molecule has 1 heterocycles. The van der Waals surface area contributed by atoms with E-state index in [0.717, 1.165) is 25.7 Å². The van der Waals surface area contributed by atoms with Crippen LogP contribution in [-0.4, -0.2) is 34.9 Å². The molecule has 0 aliphatic rings. The molecule has 158 valence electrons. The molecule has 0 atom stereocenters. The topological polar surface area (TPSA) is 74.3 Å². The molecule has 0 spiro atoms.